The first kappa shape index (κ1) is 13.4. The fourth-order valence-corrected chi connectivity index (χ4v) is 2.22. The Kier molecular flexibility index (Phi) is 3.75. The van der Waals surface area contributed by atoms with E-state index < -0.39 is 23.2 Å². The lowest BCUT2D eigenvalue weighted by Crippen LogP contribution is -2.06. The van der Waals surface area contributed by atoms with Crippen molar-refractivity contribution >= 4 is 23.0 Å². The zero-order valence-electron chi connectivity index (χ0n) is 9.91. The normalized spacial score (nSPS) is 10.5. The summed E-state index contributed by atoms with van der Waals surface area (Å²) in [5.41, 5.74) is 0.0625. The van der Waals surface area contributed by atoms with Crippen molar-refractivity contribution in [1.29, 1.82) is 0 Å². The standard InChI is InChI=1S/C12H10F2N2O2S/c1-6-5-19-10(16-6)4-15-11-8(13)2-7(12(17)18)3-9(11)14/h2-3,5,15H,4H2,1H3,(H,17,18). The highest BCUT2D eigenvalue weighted by Gasteiger charge is 2.14. The largest absolute Gasteiger partial charge is 0.478 e. The molecule has 1 aromatic heterocycles. The van der Waals surface area contributed by atoms with E-state index in [1.54, 1.807) is 0 Å². The first-order chi connectivity index (χ1) is 8.97. The van der Waals surface area contributed by atoms with Crippen LogP contribution < -0.4 is 5.32 Å². The van der Waals surface area contributed by atoms with E-state index >= 15 is 0 Å². The summed E-state index contributed by atoms with van der Waals surface area (Å²) < 4.78 is 27.2. The maximum atomic E-state index is 13.6. The lowest BCUT2D eigenvalue weighted by atomic mass is 10.2. The van der Waals surface area contributed by atoms with Gasteiger partial charge in [0.2, 0.25) is 0 Å². The highest BCUT2D eigenvalue weighted by atomic mass is 32.1. The number of halogens is 2. The second-order valence-electron chi connectivity index (χ2n) is 3.86. The summed E-state index contributed by atoms with van der Waals surface area (Å²) >= 11 is 1.38. The molecule has 0 aliphatic heterocycles. The van der Waals surface area contributed by atoms with Crippen LogP contribution in [0, 0.1) is 18.6 Å². The van der Waals surface area contributed by atoms with E-state index in [2.05, 4.69) is 10.3 Å². The van der Waals surface area contributed by atoms with Crippen LogP contribution in [-0.2, 0) is 6.54 Å². The van der Waals surface area contributed by atoms with E-state index in [0.717, 1.165) is 17.8 Å². The van der Waals surface area contributed by atoms with Crippen LogP contribution in [-0.4, -0.2) is 16.1 Å². The third kappa shape index (κ3) is 3.05. The van der Waals surface area contributed by atoms with Gasteiger partial charge in [-0.2, -0.15) is 0 Å². The number of thiazole rings is 1. The highest BCUT2D eigenvalue weighted by Crippen LogP contribution is 2.22. The summed E-state index contributed by atoms with van der Waals surface area (Å²) in [5, 5.41) is 13.8. The molecule has 2 rings (SSSR count). The summed E-state index contributed by atoms with van der Waals surface area (Å²) in [4.78, 5) is 14.8. The molecule has 0 bridgehead atoms. The van der Waals surface area contributed by atoms with Crippen molar-refractivity contribution in [1.82, 2.24) is 4.98 Å². The van der Waals surface area contributed by atoms with E-state index in [9.17, 15) is 13.6 Å². The van der Waals surface area contributed by atoms with Gasteiger partial charge in [-0.25, -0.2) is 18.6 Å². The number of hydrogen-bond acceptors (Lipinski definition) is 4. The van der Waals surface area contributed by atoms with Crippen molar-refractivity contribution in [2.24, 2.45) is 0 Å². The monoisotopic (exact) mass is 284 g/mol. The molecule has 0 saturated heterocycles. The molecule has 1 heterocycles. The predicted molar refractivity (Wildman–Crippen MR) is 67.5 cm³/mol. The number of carboxylic acid groups (broad SMARTS) is 1. The maximum Gasteiger partial charge on any atom is 0.335 e. The zero-order chi connectivity index (χ0) is 14.0. The van der Waals surface area contributed by atoms with Crippen LogP contribution in [0.2, 0.25) is 0 Å². The van der Waals surface area contributed by atoms with Crippen molar-refractivity contribution in [2.75, 3.05) is 5.32 Å². The fraction of sp³-hybridized carbons (Fsp3) is 0.167. The molecule has 4 nitrogen and oxygen atoms in total. The van der Waals surface area contributed by atoms with E-state index in [0.29, 0.717) is 5.01 Å². The Bertz CT molecular complexity index is 605. The van der Waals surface area contributed by atoms with Gasteiger partial charge in [-0.05, 0) is 19.1 Å². The van der Waals surface area contributed by atoms with Crippen LogP contribution in [0.3, 0.4) is 0 Å². The third-order valence-electron chi connectivity index (χ3n) is 2.37. The lowest BCUT2D eigenvalue weighted by molar-refractivity contribution is 0.0696. The third-order valence-corrected chi connectivity index (χ3v) is 3.34. The van der Waals surface area contributed by atoms with Crippen molar-refractivity contribution in [2.45, 2.75) is 13.5 Å². The predicted octanol–water partition coefficient (Wildman–Crippen LogP) is 3.04. The first-order valence-electron chi connectivity index (χ1n) is 5.34. The number of aryl methyl sites for hydroxylation is 1. The quantitative estimate of drug-likeness (QED) is 0.906. The Morgan fingerprint density at radius 1 is 1.42 bits per heavy atom. The van der Waals surface area contributed by atoms with Gasteiger partial charge in [0.25, 0.3) is 0 Å². The Hall–Kier alpha value is -2.02. The molecule has 1 aromatic carbocycles. The molecule has 100 valence electrons. The number of aromatic carboxylic acids is 1. The van der Waals surface area contributed by atoms with E-state index in [1.165, 1.54) is 11.3 Å². The number of nitrogens with one attached hydrogen (secondary N) is 1. The van der Waals surface area contributed by atoms with Gasteiger partial charge in [-0.1, -0.05) is 0 Å². The molecule has 19 heavy (non-hydrogen) atoms. The summed E-state index contributed by atoms with van der Waals surface area (Å²) in [7, 11) is 0. The molecule has 0 spiro atoms. The molecule has 0 saturated carbocycles. The number of nitrogens with zero attached hydrogens (tertiary/aromatic N) is 1. The number of hydrogen-bond donors (Lipinski definition) is 2. The molecule has 0 fully saturated rings. The Morgan fingerprint density at radius 2 is 2.05 bits per heavy atom. The number of anilines is 1. The highest BCUT2D eigenvalue weighted by molar-refractivity contribution is 7.09. The summed E-state index contributed by atoms with van der Waals surface area (Å²) in [6, 6.07) is 1.56. The number of benzene rings is 1. The molecule has 0 amide bonds. The van der Waals surface area contributed by atoms with Crippen molar-refractivity contribution in [3.05, 3.63) is 45.4 Å². The van der Waals surface area contributed by atoms with Gasteiger partial charge in [0.05, 0.1) is 12.1 Å². The average Bonchev–Trinajstić information content (AvgIpc) is 2.73. The van der Waals surface area contributed by atoms with Crippen LogP contribution in [0.1, 0.15) is 21.1 Å². The molecular weight excluding hydrogens is 274 g/mol. The Balaban J connectivity index is 2.18. The lowest BCUT2D eigenvalue weighted by Gasteiger charge is -2.08. The molecule has 0 radical (unpaired) electrons. The topological polar surface area (TPSA) is 62.2 Å². The van der Waals surface area contributed by atoms with Crippen LogP contribution >= 0.6 is 11.3 Å². The summed E-state index contributed by atoms with van der Waals surface area (Å²) in [5.74, 6) is -3.25. The smallest absolute Gasteiger partial charge is 0.335 e. The Labute approximate surface area is 111 Å². The average molecular weight is 284 g/mol. The molecule has 2 N–H and O–H groups in total. The van der Waals surface area contributed by atoms with Gasteiger partial charge < -0.3 is 10.4 Å². The summed E-state index contributed by atoms with van der Waals surface area (Å²) in [6.07, 6.45) is 0. The second-order valence-corrected chi connectivity index (χ2v) is 4.80. The SMILES string of the molecule is Cc1csc(CNc2c(F)cc(C(=O)O)cc2F)n1. The van der Waals surface area contributed by atoms with Crippen LogP contribution in [0.5, 0.6) is 0 Å². The van der Waals surface area contributed by atoms with Gasteiger partial charge in [0.15, 0.2) is 0 Å². The first-order valence-corrected chi connectivity index (χ1v) is 6.22. The van der Waals surface area contributed by atoms with Gasteiger partial charge in [0, 0.05) is 11.1 Å². The number of carboxylic acids is 1. The fourth-order valence-electron chi connectivity index (χ4n) is 1.51. The van der Waals surface area contributed by atoms with E-state index in [4.69, 9.17) is 5.11 Å². The van der Waals surface area contributed by atoms with Gasteiger partial charge in [0.1, 0.15) is 22.3 Å². The molecule has 7 heteroatoms. The maximum absolute atomic E-state index is 13.6. The summed E-state index contributed by atoms with van der Waals surface area (Å²) in [6.45, 7) is 2.00. The molecule has 0 unspecified atom stereocenters. The number of rotatable bonds is 4. The minimum atomic E-state index is -1.38. The van der Waals surface area contributed by atoms with Crippen LogP contribution in [0.15, 0.2) is 17.5 Å². The number of carbonyl (C=O) groups is 1. The molecule has 0 atom stereocenters. The molecule has 2 aromatic rings. The number of aromatic nitrogens is 1. The second kappa shape index (κ2) is 5.31. The van der Waals surface area contributed by atoms with Crippen LogP contribution in [0.25, 0.3) is 0 Å². The molecular formula is C12H10F2N2O2S. The molecule has 0 aliphatic rings. The van der Waals surface area contributed by atoms with Gasteiger partial charge >= 0.3 is 5.97 Å². The minimum Gasteiger partial charge on any atom is -0.478 e. The van der Waals surface area contributed by atoms with Crippen molar-refractivity contribution in [3.63, 3.8) is 0 Å². The Morgan fingerprint density at radius 3 is 2.53 bits per heavy atom. The van der Waals surface area contributed by atoms with Crippen molar-refractivity contribution < 1.29 is 18.7 Å². The minimum absolute atomic E-state index is 0.179. The zero-order valence-corrected chi connectivity index (χ0v) is 10.7. The van der Waals surface area contributed by atoms with Gasteiger partial charge in [-0.15, -0.1) is 11.3 Å². The van der Waals surface area contributed by atoms with E-state index in [-0.39, 0.29) is 12.2 Å². The van der Waals surface area contributed by atoms with Crippen LogP contribution in [0.4, 0.5) is 14.5 Å². The van der Waals surface area contributed by atoms with E-state index in [1.807, 2.05) is 12.3 Å². The van der Waals surface area contributed by atoms with Crippen molar-refractivity contribution in [3.8, 4) is 0 Å². The van der Waals surface area contributed by atoms with Gasteiger partial charge in [-0.3, -0.25) is 0 Å². The molecule has 0 aliphatic carbocycles.